The lowest BCUT2D eigenvalue weighted by molar-refractivity contribution is 0.0203. The van der Waals surface area contributed by atoms with Gasteiger partial charge in [0.2, 0.25) is 0 Å². The van der Waals surface area contributed by atoms with Crippen molar-refractivity contribution in [1.29, 1.82) is 0 Å². The number of nitrogens with one attached hydrogen (secondary N) is 2. The first-order chi connectivity index (χ1) is 13.3. The number of rotatable bonds is 11. The minimum atomic E-state index is 0. The first kappa shape index (κ1) is 25.9. The van der Waals surface area contributed by atoms with Crippen molar-refractivity contribution >= 4 is 29.9 Å². The molecule has 7 nitrogen and oxygen atoms in total. The fourth-order valence-electron chi connectivity index (χ4n) is 3.50. The summed E-state index contributed by atoms with van der Waals surface area (Å²) in [5, 5.41) is 6.79. The van der Waals surface area contributed by atoms with Crippen LogP contribution >= 0.6 is 24.0 Å². The third-order valence-corrected chi connectivity index (χ3v) is 5.47. The lowest BCUT2D eigenvalue weighted by atomic mass is 10.0. The molecule has 0 aromatic carbocycles. The summed E-state index contributed by atoms with van der Waals surface area (Å²) in [4.78, 5) is 9.28. The van der Waals surface area contributed by atoms with Gasteiger partial charge in [0.25, 0.3) is 0 Å². The molecule has 8 heteroatoms. The zero-order chi connectivity index (χ0) is 19.2. The quantitative estimate of drug-likeness (QED) is 0.190. The van der Waals surface area contributed by atoms with Crippen LogP contribution in [0.4, 0.5) is 0 Å². The second-order valence-corrected chi connectivity index (χ2v) is 7.76. The molecule has 28 heavy (non-hydrogen) atoms. The maximum Gasteiger partial charge on any atom is 0.190 e. The second-order valence-electron chi connectivity index (χ2n) is 7.76. The number of guanidine groups is 1. The van der Waals surface area contributed by atoms with E-state index in [1.165, 1.54) is 45.6 Å². The zero-order valence-corrected chi connectivity index (χ0v) is 20.3. The van der Waals surface area contributed by atoms with Crippen LogP contribution in [0.3, 0.4) is 0 Å². The molecule has 166 valence electrons. The van der Waals surface area contributed by atoms with E-state index in [9.17, 15) is 0 Å². The summed E-state index contributed by atoms with van der Waals surface area (Å²) in [6.07, 6.45) is 5.72. The van der Waals surface area contributed by atoms with Gasteiger partial charge in [-0.25, -0.2) is 0 Å². The van der Waals surface area contributed by atoms with Crippen molar-refractivity contribution in [2.45, 2.75) is 32.1 Å². The van der Waals surface area contributed by atoms with Crippen LogP contribution in [0, 0.1) is 5.92 Å². The summed E-state index contributed by atoms with van der Waals surface area (Å²) in [6.45, 7) is 11.4. The molecule has 2 saturated heterocycles. The van der Waals surface area contributed by atoms with Crippen molar-refractivity contribution < 1.29 is 9.47 Å². The van der Waals surface area contributed by atoms with Gasteiger partial charge in [-0.3, -0.25) is 4.99 Å². The Bertz CT molecular complexity index is 400. The summed E-state index contributed by atoms with van der Waals surface area (Å²) >= 11 is 0. The van der Waals surface area contributed by atoms with Crippen LogP contribution in [-0.4, -0.2) is 102 Å². The normalized spacial score (nSPS) is 20.0. The Hall–Kier alpha value is -0.160. The first-order valence-corrected chi connectivity index (χ1v) is 10.8. The molecular weight excluding hydrogens is 469 g/mol. The monoisotopic (exact) mass is 511 g/mol. The number of hydrogen-bond acceptors (Lipinski definition) is 5. The average molecular weight is 511 g/mol. The van der Waals surface area contributed by atoms with Gasteiger partial charge in [0.1, 0.15) is 0 Å². The highest BCUT2D eigenvalue weighted by Gasteiger charge is 2.14. The number of aliphatic imine (C=N–C) groups is 1. The molecule has 2 N–H and O–H groups in total. The highest BCUT2D eigenvalue weighted by atomic mass is 127. The number of likely N-dealkylation sites (N-methyl/N-ethyl adjacent to an activating group) is 1. The molecule has 0 unspecified atom stereocenters. The lowest BCUT2D eigenvalue weighted by Gasteiger charge is -2.32. The SMILES string of the molecule is CN=C(NCCCCN1CCN(C)CC1)NCCCOCC1CCOCC1.I. The predicted octanol–water partition coefficient (Wildman–Crippen LogP) is 1.63. The summed E-state index contributed by atoms with van der Waals surface area (Å²) < 4.78 is 11.2. The Balaban J connectivity index is 0.00000392. The molecule has 0 atom stereocenters. The highest BCUT2D eigenvalue weighted by molar-refractivity contribution is 14.0. The van der Waals surface area contributed by atoms with Crippen molar-refractivity contribution in [2.24, 2.45) is 10.9 Å². The van der Waals surface area contributed by atoms with Gasteiger partial charge in [0, 0.05) is 72.7 Å². The van der Waals surface area contributed by atoms with E-state index in [0.29, 0.717) is 5.92 Å². The van der Waals surface area contributed by atoms with E-state index in [4.69, 9.17) is 9.47 Å². The van der Waals surface area contributed by atoms with Crippen LogP contribution in [0.25, 0.3) is 0 Å². The number of piperazine rings is 1. The molecule has 0 bridgehead atoms. The summed E-state index contributed by atoms with van der Waals surface area (Å²) in [5.74, 6) is 1.59. The molecule has 0 radical (unpaired) electrons. The topological polar surface area (TPSA) is 61.4 Å². The Morgan fingerprint density at radius 2 is 1.71 bits per heavy atom. The van der Waals surface area contributed by atoms with E-state index in [1.54, 1.807) is 0 Å². The summed E-state index contributed by atoms with van der Waals surface area (Å²) in [5.41, 5.74) is 0. The molecule has 2 heterocycles. The smallest absolute Gasteiger partial charge is 0.190 e. The molecular formula is C20H42IN5O2. The fourth-order valence-corrected chi connectivity index (χ4v) is 3.50. The van der Waals surface area contributed by atoms with Crippen molar-refractivity contribution in [1.82, 2.24) is 20.4 Å². The number of unbranched alkanes of at least 4 members (excludes halogenated alkanes) is 1. The third kappa shape index (κ3) is 11.7. The Morgan fingerprint density at radius 3 is 2.39 bits per heavy atom. The van der Waals surface area contributed by atoms with Crippen LogP contribution in [-0.2, 0) is 9.47 Å². The minimum absolute atomic E-state index is 0. The highest BCUT2D eigenvalue weighted by Crippen LogP contribution is 2.14. The largest absolute Gasteiger partial charge is 0.381 e. The average Bonchev–Trinajstić information content (AvgIpc) is 2.71. The van der Waals surface area contributed by atoms with Gasteiger partial charge in [-0.1, -0.05) is 0 Å². The number of halogens is 1. The van der Waals surface area contributed by atoms with Crippen molar-refractivity contribution in [3.63, 3.8) is 0 Å². The van der Waals surface area contributed by atoms with E-state index in [-0.39, 0.29) is 24.0 Å². The van der Waals surface area contributed by atoms with Crippen molar-refractivity contribution in [2.75, 3.05) is 86.3 Å². The van der Waals surface area contributed by atoms with Crippen LogP contribution < -0.4 is 10.6 Å². The van der Waals surface area contributed by atoms with Gasteiger partial charge in [-0.05, 0) is 51.6 Å². The summed E-state index contributed by atoms with van der Waals surface area (Å²) in [7, 11) is 4.04. The van der Waals surface area contributed by atoms with Gasteiger partial charge in [-0.2, -0.15) is 0 Å². The predicted molar refractivity (Wildman–Crippen MR) is 127 cm³/mol. The molecule has 0 aromatic heterocycles. The molecule has 2 aliphatic heterocycles. The fraction of sp³-hybridized carbons (Fsp3) is 0.950. The van der Waals surface area contributed by atoms with E-state index < -0.39 is 0 Å². The zero-order valence-electron chi connectivity index (χ0n) is 18.0. The van der Waals surface area contributed by atoms with E-state index in [1.807, 2.05) is 7.05 Å². The van der Waals surface area contributed by atoms with E-state index in [2.05, 4.69) is 32.5 Å². The Kier molecular flexibility index (Phi) is 15.4. The van der Waals surface area contributed by atoms with Gasteiger partial charge < -0.3 is 29.9 Å². The molecule has 2 aliphatic rings. The number of ether oxygens (including phenoxy) is 2. The number of nitrogens with zero attached hydrogens (tertiary/aromatic N) is 3. The van der Waals surface area contributed by atoms with Crippen molar-refractivity contribution in [3.8, 4) is 0 Å². The summed E-state index contributed by atoms with van der Waals surface area (Å²) in [6, 6.07) is 0. The molecule has 0 aliphatic carbocycles. The molecule has 2 fully saturated rings. The maximum atomic E-state index is 5.80. The molecule has 0 aromatic rings. The maximum absolute atomic E-state index is 5.80. The first-order valence-electron chi connectivity index (χ1n) is 10.8. The van der Waals surface area contributed by atoms with Gasteiger partial charge in [0.05, 0.1) is 0 Å². The van der Waals surface area contributed by atoms with Gasteiger partial charge in [0.15, 0.2) is 5.96 Å². The third-order valence-electron chi connectivity index (χ3n) is 5.47. The Labute approximate surface area is 189 Å². The van der Waals surface area contributed by atoms with Gasteiger partial charge in [-0.15, -0.1) is 24.0 Å². The molecule has 0 saturated carbocycles. The molecule has 0 spiro atoms. The Morgan fingerprint density at radius 1 is 1.04 bits per heavy atom. The lowest BCUT2D eigenvalue weighted by Crippen LogP contribution is -2.44. The minimum Gasteiger partial charge on any atom is -0.381 e. The van der Waals surface area contributed by atoms with Crippen molar-refractivity contribution in [3.05, 3.63) is 0 Å². The van der Waals surface area contributed by atoms with Crippen LogP contribution in [0.15, 0.2) is 4.99 Å². The van der Waals surface area contributed by atoms with Crippen LogP contribution in [0.2, 0.25) is 0 Å². The second kappa shape index (κ2) is 16.6. The van der Waals surface area contributed by atoms with Crippen LogP contribution in [0.5, 0.6) is 0 Å². The molecule has 2 rings (SSSR count). The van der Waals surface area contributed by atoms with Gasteiger partial charge >= 0.3 is 0 Å². The van der Waals surface area contributed by atoms with Crippen LogP contribution in [0.1, 0.15) is 32.1 Å². The molecule has 0 amide bonds. The number of hydrogen-bond donors (Lipinski definition) is 2. The standard InChI is InChI=1S/C20H41N5O2.HI/c1-21-20(22-8-3-4-10-25-13-11-24(2)12-14-25)23-9-5-15-27-18-19-6-16-26-17-7-19;/h19H,3-18H2,1-2H3,(H2,21,22,23);1H. The van der Waals surface area contributed by atoms with E-state index in [0.717, 1.165) is 64.7 Å². The van der Waals surface area contributed by atoms with E-state index >= 15 is 0 Å².